The zero-order valence-electron chi connectivity index (χ0n) is 12.5. The number of nitrogens with zero attached hydrogens (tertiary/aromatic N) is 2. The van der Waals surface area contributed by atoms with E-state index in [1.54, 1.807) is 0 Å². The zero-order valence-corrected chi connectivity index (χ0v) is 12.5. The standard InChI is InChI=1S/C18H24N2/c1-3-5-10-15(9-4-2)17-13-19-18(20-14-17)16-11-7-6-8-12-16/h6-8,11-15H,3-5,9-10H2,1-2H3. The Balaban J connectivity index is 2.13. The lowest BCUT2D eigenvalue weighted by atomic mass is 9.91. The second-order valence-electron chi connectivity index (χ2n) is 5.33. The summed E-state index contributed by atoms with van der Waals surface area (Å²) in [5.41, 5.74) is 2.37. The predicted octanol–water partition coefficient (Wildman–Crippen LogP) is 5.22. The Kier molecular flexibility index (Phi) is 5.72. The second-order valence-corrected chi connectivity index (χ2v) is 5.33. The molecule has 2 heteroatoms. The lowest BCUT2D eigenvalue weighted by molar-refractivity contribution is 0.538. The minimum absolute atomic E-state index is 0.616. The van der Waals surface area contributed by atoms with E-state index in [-0.39, 0.29) is 0 Å². The highest BCUT2D eigenvalue weighted by molar-refractivity contribution is 5.54. The van der Waals surface area contributed by atoms with Crippen LogP contribution in [0, 0.1) is 0 Å². The van der Waals surface area contributed by atoms with Crippen molar-refractivity contribution < 1.29 is 0 Å². The van der Waals surface area contributed by atoms with Gasteiger partial charge in [-0.25, -0.2) is 9.97 Å². The third-order valence-electron chi connectivity index (χ3n) is 3.72. The van der Waals surface area contributed by atoms with Gasteiger partial charge in [0.2, 0.25) is 0 Å². The van der Waals surface area contributed by atoms with Crippen LogP contribution in [0.5, 0.6) is 0 Å². The van der Waals surface area contributed by atoms with Crippen molar-refractivity contribution in [1.29, 1.82) is 0 Å². The number of hydrogen-bond donors (Lipinski definition) is 0. The number of unbranched alkanes of at least 4 members (excludes halogenated alkanes) is 1. The first kappa shape index (κ1) is 14.7. The fourth-order valence-corrected chi connectivity index (χ4v) is 2.56. The van der Waals surface area contributed by atoms with E-state index >= 15 is 0 Å². The van der Waals surface area contributed by atoms with Gasteiger partial charge in [-0.15, -0.1) is 0 Å². The summed E-state index contributed by atoms with van der Waals surface area (Å²) in [5.74, 6) is 1.44. The first-order valence-corrected chi connectivity index (χ1v) is 7.72. The molecule has 1 atom stereocenters. The van der Waals surface area contributed by atoms with Crippen molar-refractivity contribution >= 4 is 0 Å². The topological polar surface area (TPSA) is 25.8 Å². The molecule has 2 rings (SSSR count). The normalized spacial score (nSPS) is 12.3. The summed E-state index contributed by atoms with van der Waals surface area (Å²) in [4.78, 5) is 9.10. The van der Waals surface area contributed by atoms with Crippen molar-refractivity contribution in [3.63, 3.8) is 0 Å². The van der Waals surface area contributed by atoms with Gasteiger partial charge in [-0.2, -0.15) is 0 Å². The number of benzene rings is 1. The van der Waals surface area contributed by atoms with Gasteiger partial charge in [0.05, 0.1) is 0 Å². The van der Waals surface area contributed by atoms with E-state index in [4.69, 9.17) is 0 Å². The van der Waals surface area contributed by atoms with Crippen molar-refractivity contribution in [3.05, 3.63) is 48.3 Å². The van der Waals surface area contributed by atoms with Crippen LogP contribution in [-0.2, 0) is 0 Å². The summed E-state index contributed by atoms with van der Waals surface area (Å²) in [7, 11) is 0. The zero-order chi connectivity index (χ0) is 14.2. The molecule has 0 saturated heterocycles. The van der Waals surface area contributed by atoms with E-state index in [1.165, 1.54) is 37.7 Å². The van der Waals surface area contributed by atoms with Crippen LogP contribution < -0.4 is 0 Å². The average Bonchev–Trinajstić information content (AvgIpc) is 2.52. The van der Waals surface area contributed by atoms with Crippen LogP contribution in [0.2, 0.25) is 0 Å². The second kappa shape index (κ2) is 7.78. The van der Waals surface area contributed by atoms with E-state index in [9.17, 15) is 0 Å². The van der Waals surface area contributed by atoms with E-state index in [1.807, 2.05) is 30.6 Å². The lowest BCUT2D eigenvalue weighted by Crippen LogP contribution is -2.01. The molecule has 0 aliphatic heterocycles. The van der Waals surface area contributed by atoms with Crippen molar-refractivity contribution in [3.8, 4) is 11.4 Å². The smallest absolute Gasteiger partial charge is 0.159 e. The molecule has 0 spiro atoms. The fourth-order valence-electron chi connectivity index (χ4n) is 2.56. The summed E-state index contributed by atoms with van der Waals surface area (Å²) < 4.78 is 0. The summed E-state index contributed by atoms with van der Waals surface area (Å²) in [6, 6.07) is 10.2. The van der Waals surface area contributed by atoms with Crippen LogP contribution in [0.15, 0.2) is 42.7 Å². The summed E-state index contributed by atoms with van der Waals surface area (Å²) >= 11 is 0. The highest BCUT2D eigenvalue weighted by atomic mass is 14.9. The molecule has 1 unspecified atom stereocenters. The Bertz CT molecular complexity index is 491. The molecular formula is C18H24N2. The molecule has 0 bridgehead atoms. The van der Waals surface area contributed by atoms with Gasteiger partial charge >= 0.3 is 0 Å². The average molecular weight is 268 g/mol. The molecule has 0 radical (unpaired) electrons. The molecule has 2 aromatic rings. The van der Waals surface area contributed by atoms with Crippen LogP contribution in [0.1, 0.15) is 57.4 Å². The van der Waals surface area contributed by atoms with Gasteiger partial charge in [0, 0.05) is 18.0 Å². The number of rotatable bonds is 7. The maximum absolute atomic E-state index is 4.55. The van der Waals surface area contributed by atoms with Crippen molar-refractivity contribution in [1.82, 2.24) is 9.97 Å². The van der Waals surface area contributed by atoms with Gasteiger partial charge in [0.15, 0.2) is 5.82 Å². The molecule has 0 aliphatic rings. The Morgan fingerprint density at radius 1 is 0.900 bits per heavy atom. The minimum Gasteiger partial charge on any atom is -0.236 e. The van der Waals surface area contributed by atoms with Gasteiger partial charge < -0.3 is 0 Å². The van der Waals surface area contributed by atoms with Gasteiger partial charge in [-0.05, 0) is 24.3 Å². The third kappa shape index (κ3) is 3.89. The SMILES string of the molecule is CCCCC(CCC)c1cnc(-c2ccccc2)nc1. The largest absolute Gasteiger partial charge is 0.236 e. The molecule has 1 aromatic carbocycles. The first-order valence-electron chi connectivity index (χ1n) is 7.72. The molecule has 1 aromatic heterocycles. The van der Waals surface area contributed by atoms with Gasteiger partial charge in [-0.3, -0.25) is 0 Å². The molecule has 106 valence electrons. The van der Waals surface area contributed by atoms with Gasteiger partial charge in [0.25, 0.3) is 0 Å². The molecule has 0 amide bonds. The molecule has 2 nitrogen and oxygen atoms in total. The van der Waals surface area contributed by atoms with E-state index in [2.05, 4.69) is 35.9 Å². The molecule has 0 saturated carbocycles. The predicted molar refractivity (Wildman–Crippen MR) is 84.6 cm³/mol. The van der Waals surface area contributed by atoms with Crippen LogP contribution in [0.4, 0.5) is 0 Å². The van der Waals surface area contributed by atoms with Crippen molar-refractivity contribution in [2.45, 2.75) is 51.9 Å². The molecule has 0 fully saturated rings. The van der Waals surface area contributed by atoms with Crippen LogP contribution in [0.3, 0.4) is 0 Å². The molecule has 1 heterocycles. The van der Waals surface area contributed by atoms with Crippen molar-refractivity contribution in [2.24, 2.45) is 0 Å². The minimum atomic E-state index is 0.616. The van der Waals surface area contributed by atoms with Crippen LogP contribution in [0.25, 0.3) is 11.4 Å². The molecule has 0 N–H and O–H groups in total. The molecule has 20 heavy (non-hydrogen) atoms. The Morgan fingerprint density at radius 2 is 1.60 bits per heavy atom. The third-order valence-corrected chi connectivity index (χ3v) is 3.72. The van der Waals surface area contributed by atoms with Crippen LogP contribution >= 0.6 is 0 Å². The monoisotopic (exact) mass is 268 g/mol. The highest BCUT2D eigenvalue weighted by Gasteiger charge is 2.11. The Hall–Kier alpha value is -1.70. The molecule has 0 aliphatic carbocycles. The van der Waals surface area contributed by atoms with E-state index in [0.29, 0.717) is 5.92 Å². The highest BCUT2D eigenvalue weighted by Crippen LogP contribution is 2.26. The lowest BCUT2D eigenvalue weighted by Gasteiger charge is -2.15. The number of aromatic nitrogens is 2. The van der Waals surface area contributed by atoms with Gasteiger partial charge in [0.1, 0.15) is 0 Å². The maximum atomic E-state index is 4.55. The van der Waals surface area contributed by atoms with Gasteiger partial charge in [-0.1, -0.05) is 63.4 Å². The van der Waals surface area contributed by atoms with Crippen molar-refractivity contribution in [2.75, 3.05) is 0 Å². The first-order chi connectivity index (χ1) is 9.85. The van der Waals surface area contributed by atoms with E-state index < -0.39 is 0 Å². The Labute approximate surface area is 122 Å². The quantitative estimate of drug-likeness (QED) is 0.688. The number of hydrogen-bond acceptors (Lipinski definition) is 2. The molecular weight excluding hydrogens is 244 g/mol. The van der Waals surface area contributed by atoms with E-state index in [0.717, 1.165) is 11.4 Å². The fraction of sp³-hybridized carbons (Fsp3) is 0.444. The maximum Gasteiger partial charge on any atom is 0.159 e. The Morgan fingerprint density at radius 3 is 2.20 bits per heavy atom. The summed E-state index contributed by atoms with van der Waals surface area (Å²) in [6.07, 6.45) is 10.3. The summed E-state index contributed by atoms with van der Waals surface area (Å²) in [5, 5.41) is 0. The van der Waals surface area contributed by atoms with Crippen LogP contribution in [-0.4, -0.2) is 9.97 Å². The summed E-state index contributed by atoms with van der Waals surface area (Å²) in [6.45, 7) is 4.50.